The molecule has 1 unspecified atom stereocenters. The molecule has 1 aliphatic rings. The third-order valence-electron chi connectivity index (χ3n) is 0.854. The summed E-state index contributed by atoms with van der Waals surface area (Å²) in [6.45, 7) is 0. The van der Waals surface area contributed by atoms with Crippen molar-refractivity contribution in [3.05, 3.63) is 0 Å². The van der Waals surface area contributed by atoms with Crippen molar-refractivity contribution in [1.29, 1.82) is 0 Å². The summed E-state index contributed by atoms with van der Waals surface area (Å²) in [4.78, 5) is 0. The van der Waals surface area contributed by atoms with Crippen LogP contribution in [0.15, 0.2) is 5.10 Å². The molecule has 57 valence electrons. The van der Waals surface area contributed by atoms with Crippen LogP contribution in [0.5, 0.6) is 0 Å². The van der Waals surface area contributed by atoms with E-state index in [-0.39, 0.29) is 6.42 Å². The molecule has 1 heterocycles. The molecule has 0 amide bonds. The maximum Gasteiger partial charge on any atom is 0.524 e. The largest absolute Gasteiger partial charge is 0.524 e. The Kier molecular flexibility index (Phi) is 1.80. The molecule has 0 N–H and O–H groups in total. The van der Waals surface area contributed by atoms with Crippen LogP contribution in [0.3, 0.4) is 0 Å². The molecule has 0 aromatic heterocycles. The molecular formula is C4H4F3N2O. The monoisotopic (exact) mass is 153 g/mol. The van der Waals surface area contributed by atoms with Crippen LogP contribution < -0.4 is 5.43 Å². The molecule has 6 heteroatoms. The van der Waals surface area contributed by atoms with Crippen LogP contribution in [0.1, 0.15) is 6.42 Å². The predicted octanol–water partition coefficient (Wildman–Crippen LogP) is 0.843. The molecule has 1 aliphatic heterocycles. The number of alkyl halides is 3. The van der Waals surface area contributed by atoms with E-state index in [1.807, 2.05) is 0 Å². The first-order valence-electron chi connectivity index (χ1n) is 2.54. The van der Waals surface area contributed by atoms with E-state index in [0.717, 1.165) is 0 Å². The summed E-state index contributed by atoms with van der Waals surface area (Å²) in [5.74, 6) is 0. The molecular weight excluding hydrogens is 149 g/mol. The molecule has 10 heavy (non-hydrogen) atoms. The Morgan fingerprint density at radius 3 is 2.60 bits per heavy atom. The SMILES string of the molecule is FC(F)(F)OC1CC=N[N]1. The fourth-order valence-electron chi connectivity index (χ4n) is 0.532. The second kappa shape index (κ2) is 2.45. The van der Waals surface area contributed by atoms with Crippen LogP contribution in [0, 0.1) is 0 Å². The number of rotatable bonds is 1. The van der Waals surface area contributed by atoms with Gasteiger partial charge in [-0.3, -0.25) is 4.74 Å². The zero-order chi connectivity index (χ0) is 7.61. The Morgan fingerprint density at radius 2 is 2.20 bits per heavy atom. The van der Waals surface area contributed by atoms with Gasteiger partial charge in [0.05, 0.1) is 0 Å². The third-order valence-corrected chi connectivity index (χ3v) is 0.854. The Morgan fingerprint density at radius 1 is 1.50 bits per heavy atom. The van der Waals surface area contributed by atoms with E-state index in [0.29, 0.717) is 0 Å². The van der Waals surface area contributed by atoms with Crippen LogP contribution in [-0.4, -0.2) is 18.8 Å². The van der Waals surface area contributed by atoms with Crippen molar-refractivity contribution in [1.82, 2.24) is 5.43 Å². The van der Waals surface area contributed by atoms with Crippen molar-refractivity contribution in [2.75, 3.05) is 0 Å². The first kappa shape index (κ1) is 7.33. The van der Waals surface area contributed by atoms with E-state index in [9.17, 15) is 13.2 Å². The third kappa shape index (κ3) is 2.22. The summed E-state index contributed by atoms with van der Waals surface area (Å²) < 4.78 is 37.6. The number of ether oxygens (including phenoxy) is 1. The van der Waals surface area contributed by atoms with Crippen molar-refractivity contribution < 1.29 is 17.9 Å². The maximum absolute atomic E-state index is 11.4. The Balaban J connectivity index is 2.26. The average molecular weight is 153 g/mol. The average Bonchev–Trinajstić information content (AvgIpc) is 2.12. The lowest BCUT2D eigenvalue weighted by atomic mass is 10.4. The fraction of sp³-hybridized carbons (Fsp3) is 0.750. The number of hydrogen-bond acceptors (Lipinski definition) is 2. The second-order valence-corrected chi connectivity index (χ2v) is 1.67. The molecule has 1 rings (SSSR count). The first-order valence-corrected chi connectivity index (χ1v) is 2.54. The van der Waals surface area contributed by atoms with Crippen molar-refractivity contribution >= 4 is 6.21 Å². The summed E-state index contributed by atoms with van der Waals surface area (Å²) in [7, 11) is 0. The topological polar surface area (TPSA) is 35.7 Å². The molecule has 0 aliphatic carbocycles. The van der Waals surface area contributed by atoms with E-state index in [1.54, 1.807) is 0 Å². The highest BCUT2D eigenvalue weighted by atomic mass is 19.4. The van der Waals surface area contributed by atoms with Crippen molar-refractivity contribution in [3.8, 4) is 0 Å². The first-order chi connectivity index (χ1) is 4.58. The van der Waals surface area contributed by atoms with Crippen LogP contribution in [0.4, 0.5) is 13.2 Å². The summed E-state index contributed by atoms with van der Waals surface area (Å²) >= 11 is 0. The van der Waals surface area contributed by atoms with Gasteiger partial charge in [-0.25, -0.2) is 0 Å². The van der Waals surface area contributed by atoms with Gasteiger partial charge < -0.3 is 0 Å². The quantitative estimate of drug-likeness (QED) is 0.549. The molecule has 1 atom stereocenters. The lowest BCUT2D eigenvalue weighted by molar-refractivity contribution is -0.344. The van der Waals surface area contributed by atoms with Crippen molar-refractivity contribution in [3.63, 3.8) is 0 Å². The number of halogens is 3. The minimum atomic E-state index is -4.61. The zero-order valence-electron chi connectivity index (χ0n) is 4.80. The van der Waals surface area contributed by atoms with Gasteiger partial charge in [0, 0.05) is 12.6 Å². The minimum Gasteiger partial charge on any atom is -0.264 e. The van der Waals surface area contributed by atoms with E-state index >= 15 is 0 Å². The normalized spacial score (nSPS) is 24.9. The molecule has 0 bridgehead atoms. The van der Waals surface area contributed by atoms with Crippen molar-refractivity contribution in [2.24, 2.45) is 5.10 Å². The van der Waals surface area contributed by atoms with Gasteiger partial charge in [-0.2, -0.15) is 10.5 Å². The van der Waals surface area contributed by atoms with Gasteiger partial charge >= 0.3 is 6.36 Å². The molecule has 0 saturated carbocycles. The molecule has 0 spiro atoms. The lowest BCUT2D eigenvalue weighted by Crippen LogP contribution is -2.26. The molecule has 0 fully saturated rings. The van der Waals surface area contributed by atoms with Crippen LogP contribution in [-0.2, 0) is 4.74 Å². The predicted molar refractivity (Wildman–Crippen MR) is 26.2 cm³/mol. The van der Waals surface area contributed by atoms with E-state index in [4.69, 9.17) is 0 Å². The number of nitrogens with zero attached hydrogens (tertiary/aromatic N) is 2. The lowest BCUT2D eigenvalue weighted by Gasteiger charge is -2.10. The van der Waals surface area contributed by atoms with E-state index in [2.05, 4.69) is 15.3 Å². The highest BCUT2D eigenvalue weighted by Crippen LogP contribution is 2.20. The van der Waals surface area contributed by atoms with Gasteiger partial charge in [-0.15, -0.1) is 13.2 Å². The smallest absolute Gasteiger partial charge is 0.264 e. The van der Waals surface area contributed by atoms with Gasteiger partial charge in [0.25, 0.3) is 0 Å². The highest BCUT2D eigenvalue weighted by Gasteiger charge is 2.34. The van der Waals surface area contributed by atoms with Gasteiger partial charge in [-0.1, -0.05) is 0 Å². The Bertz CT molecular complexity index is 136. The van der Waals surface area contributed by atoms with E-state index in [1.165, 1.54) is 6.21 Å². The zero-order valence-corrected chi connectivity index (χ0v) is 4.80. The molecule has 0 saturated heterocycles. The van der Waals surface area contributed by atoms with Gasteiger partial charge in [0.1, 0.15) is 0 Å². The van der Waals surface area contributed by atoms with Crippen LogP contribution in [0.2, 0.25) is 0 Å². The fourth-order valence-corrected chi connectivity index (χ4v) is 0.532. The summed E-state index contributed by atoms with van der Waals surface area (Å²) in [5.41, 5.74) is 3.15. The molecule has 0 aromatic carbocycles. The van der Waals surface area contributed by atoms with Crippen molar-refractivity contribution in [2.45, 2.75) is 19.0 Å². The number of hydrogen-bond donors (Lipinski definition) is 0. The van der Waals surface area contributed by atoms with Crippen LogP contribution in [0.25, 0.3) is 0 Å². The van der Waals surface area contributed by atoms with Gasteiger partial charge in [0.2, 0.25) is 0 Å². The molecule has 0 aromatic rings. The summed E-state index contributed by atoms with van der Waals surface area (Å²) in [6.07, 6.45) is -4.40. The molecule has 1 radical (unpaired) electrons. The Labute approximate surface area is 54.9 Å². The van der Waals surface area contributed by atoms with Gasteiger partial charge in [0.15, 0.2) is 6.23 Å². The summed E-state index contributed by atoms with van der Waals surface area (Å²) in [5, 5.41) is 3.22. The minimum absolute atomic E-state index is 0.0967. The Hall–Kier alpha value is -0.780. The van der Waals surface area contributed by atoms with Crippen LogP contribution >= 0.6 is 0 Å². The maximum atomic E-state index is 11.4. The second-order valence-electron chi connectivity index (χ2n) is 1.67. The van der Waals surface area contributed by atoms with E-state index < -0.39 is 12.6 Å². The van der Waals surface area contributed by atoms with Gasteiger partial charge in [-0.05, 0) is 0 Å². The highest BCUT2D eigenvalue weighted by molar-refractivity contribution is 5.59. The standard InChI is InChI=1S/C4H4F3N2O/c5-4(6,7)10-3-1-2-8-9-3/h2-3H,1H2. The molecule has 3 nitrogen and oxygen atoms in total. The summed E-state index contributed by atoms with van der Waals surface area (Å²) in [6, 6.07) is 0.